The topological polar surface area (TPSA) is 58.2 Å². The van der Waals surface area contributed by atoms with Gasteiger partial charge in [-0.3, -0.25) is 10.1 Å². The van der Waals surface area contributed by atoms with Crippen LogP contribution < -0.4 is 10.6 Å². The van der Waals surface area contributed by atoms with Crippen LogP contribution in [0, 0.1) is 12.8 Å². The lowest BCUT2D eigenvalue weighted by atomic mass is 10.1. The van der Waals surface area contributed by atoms with Gasteiger partial charge in [0.15, 0.2) is 0 Å². The molecule has 2 N–H and O–H groups in total. The molecular formula is C13H16N2O2. The van der Waals surface area contributed by atoms with Crippen molar-refractivity contribution in [2.75, 3.05) is 0 Å². The molecule has 0 radical (unpaired) electrons. The highest BCUT2D eigenvalue weighted by atomic mass is 16.2. The van der Waals surface area contributed by atoms with Gasteiger partial charge < -0.3 is 5.32 Å². The number of urea groups is 1. The van der Waals surface area contributed by atoms with Crippen molar-refractivity contribution in [3.63, 3.8) is 0 Å². The van der Waals surface area contributed by atoms with E-state index in [1.165, 1.54) is 0 Å². The number of aryl methyl sites for hydroxylation is 1. The van der Waals surface area contributed by atoms with Crippen LogP contribution in [0.2, 0.25) is 0 Å². The number of hydrogen-bond acceptors (Lipinski definition) is 2. The first kappa shape index (κ1) is 11.6. The minimum atomic E-state index is -0.412. The summed E-state index contributed by atoms with van der Waals surface area (Å²) in [5, 5.41) is 5.03. The predicted octanol–water partition coefficient (Wildman–Crippen LogP) is 1.73. The number of rotatable bonds is 3. The number of benzene rings is 1. The Balaban J connectivity index is 1.79. The molecule has 2 rings (SSSR count). The van der Waals surface area contributed by atoms with Gasteiger partial charge in [-0.1, -0.05) is 24.3 Å². The molecule has 0 saturated heterocycles. The maximum Gasteiger partial charge on any atom is 0.321 e. The number of carbonyl (C=O) groups is 2. The Morgan fingerprint density at radius 1 is 1.29 bits per heavy atom. The molecule has 0 atom stereocenters. The third kappa shape index (κ3) is 3.31. The van der Waals surface area contributed by atoms with Crippen molar-refractivity contribution in [1.82, 2.24) is 10.6 Å². The van der Waals surface area contributed by atoms with Gasteiger partial charge in [0.25, 0.3) is 0 Å². The molecule has 1 aliphatic rings. The molecule has 1 fully saturated rings. The Morgan fingerprint density at radius 3 is 2.65 bits per heavy atom. The Bertz CT molecular complexity index is 439. The van der Waals surface area contributed by atoms with Crippen molar-refractivity contribution in [2.24, 2.45) is 5.92 Å². The molecule has 0 aliphatic heterocycles. The van der Waals surface area contributed by atoms with Crippen molar-refractivity contribution in [1.29, 1.82) is 0 Å². The molecule has 0 heterocycles. The Kier molecular flexibility index (Phi) is 3.42. The number of imide groups is 1. The molecule has 0 unspecified atom stereocenters. The van der Waals surface area contributed by atoms with Gasteiger partial charge in [-0.25, -0.2) is 4.79 Å². The molecule has 17 heavy (non-hydrogen) atoms. The largest absolute Gasteiger partial charge is 0.334 e. The molecular weight excluding hydrogens is 216 g/mol. The van der Waals surface area contributed by atoms with Crippen molar-refractivity contribution >= 4 is 11.9 Å². The fourth-order valence-corrected chi connectivity index (χ4v) is 1.59. The molecule has 1 aromatic rings. The number of nitrogens with one attached hydrogen (secondary N) is 2. The summed E-state index contributed by atoms with van der Waals surface area (Å²) in [7, 11) is 0. The zero-order valence-corrected chi connectivity index (χ0v) is 9.82. The van der Waals surface area contributed by atoms with Crippen LogP contribution >= 0.6 is 0 Å². The van der Waals surface area contributed by atoms with Crippen LogP contribution in [-0.4, -0.2) is 11.9 Å². The maximum absolute atomic E-state index is 11.4. The van der Waals surface area contributed by atoms with Gasteiger partial charge in [0.05, 0.1) is 0 Å². The van der Waals surface area contributed by atoms with Crippen LogP contribution in [0.25, 0.3) is 0 Å². The van der Waals surface area contributed by atoms with Gasteiger partial charge in [-0.15, -0.1) is 0 Å². The Hall–Kier alpha value is -1.84. The van der Waals surface area contributed by atoms with Crippen LogP contribution in [0.4, 0.5) is 4.79 Å². The van der Waals surface area contributed by atoms with E-state index >= 15 is 0 Å². The second-order valence-corrected chi connectivity index (χ2v) is 4.37. The normalized spacial score (nSPS) is 14.2. The molecule has 90 valence electrons. The quantitative estimate of drug-likeness (QED) is 0.833. The summed E-state index contributed by atoms with van der Waals surface area (Å²) in [5.41, 5.74) is 2.18. The van der Waals surface area contributed by atoms with E-state index in [4.69, 9.17) is 0 Å². The predicted molar refractivity (Wildman–Crippen MR) is 64.3 cm³/mol. The minimum Gasteiger partial charge on any atom is -0.334 e. The lowest BCUT2D eigenvalue weighted by molar-refractivity contribution is -0.121. The van der Waals surface area contributed by atoms with Crippen LogP contribution in [-0.2, 0) is 11.3 Å². The van der Waals surface area contributed by atoms with Crippen molar-refractivity contribution in [3.8, 4) is 0 Å². The van der Waals surface area contributed by atoms with Gasteiger partial charge in [0, 0.05) is 12.5 Å². The van der Waals surface area contributed by atoms with E-state index in [1.54, 1.807) is 0 Å². The molecule has 0 aromatic heterocycles. The number of amides is 3. The number of carbonyl (C=O) groups excluding carboxylic acids is 2. The van der Waals surface area contributed by atoms with E-state index in [0.29, 0.717) is 6.54 Å². The third-order valence-corrected chi connectivity index (χ3v) is 2.89. The fourth-order valence-electron chi connectivity index (χ4n) is 1.59. The smallest absolute Gasteiger partial charge is 0.321 e. The molecule has 1 aromatic carbocycles. The summed E-state index contributed by atoms with van der Waals surface area (Å²) in [6.07, 6.45) is 1.80. The summed E-state index contributed by atoms with van der Waals surface area (Å²) in [6.45, 7) is 2.43. The zero-order chi connectivity index (χ0) is 12.3. The molecule has 3 amide bonds. The SMILES string of the molecule is Cc1ccccc1CNC(=O)NC(=O)C1CC1. The first-order chi connectivity index (χ1) is 8.16. The molecule has 1 aliphatic carbocycles. The van der Waals surface area contributed by atoms with Gasteiger partial charge >= 0.3 is 6.03 Å². The molecule has 0 bridgehead atoms. The highest BCUT2D eigenvalue weighted by Crippen LogP contribution is 2.28. The van der Waals surface area contributed by atoms with Gasteiger partial charge in [-0.2, -0.15) is 0 Å². The lowest BCUT2D eigenvalue weighted by Gasteiger charge is -2.08. The average Bonchev–Trinajstić information content (AvgIpc) is 3.11. The first-order valence-electron chi connectivity index (χ1n) is 5.80. The van der Waals surface area contributed by atoms with E-state index in [9.17, 15) is 9.59 Å². The number of hydrogen-bond donors (Lipinski definition) is 2. The summed E-state index contributed by atoms with van der Waals surface area (Å²) in [5.74, 6) is -0.105. The molecule has 0 spiro atoms. The Morgan fingerprint density at radius 2 is 2.00 bits per heavy atom. The summed E-state index contributed by atoms with van der Waals surface area (Å²) in [4.78, 5) is 22.7. The van der Waals surface area contributed by atoms with E-state index in [-0.39, 0.29) is 11.8 Å². The second kappa shape index (κ2) is 4.99. The van der Waals surface area contributed by atoms with E-state index in [2.05, 4.69) is 10.6 Å². The first-order valence-corrected chi connectivity index (χ1v) is 5.80. The van der Waals surface area contributed by atoms with Gasteiger partial charge in [-0.05, 0) is 30.9 Å². The summed E-state index contributed by atoms with van der Waals surface area (Å²) >= 11 is 0. The van der Waals surface area contributed by atoms with E-state index in [0.717, 1.165) is 24.0 Å². The Labute approximate surface area is 100 Å². The molecule has 4 heteroatoms. The minimum absolute atomic E-state index is 0.0548. The average molecular weight is 232 g/mol. The maximum atomic E-state index is 11.4. The third-order valence-electron chi connectivity index (χ3n) is 2.89. The van der Waals surface area contributed by atoms with Gasteiger partial charge in [0.2, 0.25) is 5.91 Å². The van der Waals surface area contributed by atoms with Crippen molar-refractivity contribution < 1.29 is 9.59 Å². The zero-order valence-electron chi connectivity index (χ0n) is 9.82. The van der Waals surface area contributed by atoms with Crippen molar-refractivity contribution in [2.45, 2.75) is 26.3 Å². The van der Waals surface area contributed by atoms with Crippen LogP contribution in [0.3, 0.4) is 0 Å². The second-order valence-electron chi connectivity index (χ2n) is 4.37. The standard InChI is InChI=1S/C13H16N2O2/c1-9-4-2-3-5-11(9)8-14-13(17)15-12(16)10-6-7-10/h2-5,10H,6-8H2,1H3,(H2,14,15,16,17). The molecule has 4 nitrogen and oxygen atoms in total. The molecule has 1 saturated carbocycles. The van der Waals surface area contributed by atoms with Crippen molar-refractivity contribution in [3.05, 3.63) is 35.4 Å². The van der Waals surface area contributed by atoms with Crippen LogP contribution in [0.5, 0.6) is 0 Å². The van der Waals surface area contributed by atoms with E-state index < -0.39 is 6.03 Å². The summed E-state index contributed by atoms with van der Waals surface area (Å²) in [6, 6.07) is 7.42. The highest BCUT2D eigenvalue weighted by molar-refractivity contribution is 5.96. The fraction of sp³-hybridized carbons (Fsp3) is 0.385. The van der Waals surface area contributed by atoms with E-state index in [1.807, 2.05) is 31.2 Å². The highest BCUT2D eigenvalue weighted by Gasteiger charge is 2.30. The van der Waals surface area contributed by atoms with Crippen LogP contribution in [0.1, 0.15) is 24.0 Å². The van der Waals surface area contributed by atoms with Crippen LogP contribution in [0.15, 0.2) is 24.3 Å². The lowest BCUT2D eigenvalue weighted by Crippen LogP contribution is -2.39. The van der Waals surface area contributed by atoms with Gasteiger partial charge in [0.1, 0.15) is 0 Å². The monoisotopic (exact) mass is 232 g/mol. The summed E-state index contributed by atoms with van der Waals surface area (Å²) < 4.78 is 0.